The molecule has 0 spiro atoms. The molecule has 0 aliphatic heterocycles. The average Bonchev–Trinajstić information content (AvgIpc) is 2.09. The van der Waals surface area contributed by atoms with Crippen molar-refractivity contribution in [2.45, 2.75) is 43.9 Å². The van der Waals surface area contributed by atoms with E-state index in [0.29, 0.717) is 0 Å². The molecule has 0 saturated heterocycles. The molecule has 0 N–H and O–H groups in total. The van der Waals surface area contributed by atoms with Gasteiger partial charge in [0, 0.05) is 11.8 Å². The van der Waals surface area contributed by atoms with Gasteiger partial charge in [0.1, 0.15) is 5.67 Å². The molecule has 0 aliphatic rings. The van der Waals surface area contributed by atoms with Gasteiger partial charge >= 0.3 is 6.18 Å². The predicted octanol–water partition coefficient (Wildman–Crippen LogP) is 4.69. The van der Waals surface area contributed by atoms with Gasteiger partial charge in [-0.1, -0.05) is 0 Å². The fraction of sp³-hybridized carbons (Fsp3) is 1.00. The van der Waals surface area contributed by atoms with Crippen molar-refractivity contribution in [3.05, 3.63) is 0 Å². The van der Waals surface area contributed by atoms with Gasteiger partial charge < -0.3 is 0 Å². The summed E-state index contributed by atoms with van der Waals surface area (Å²) >= 11 is 10.7. The zero-order chi connectivity index (χ0) is 11.9. The number of hydrogen-bond donors (Lipinski definition) is 0. The highest BCUT2D eigenvalue weighted by molar-refractivity contribution is 6.18. The molecule has 0 atom stereocenters. The maximum absolute atomic E-state index is 13.8. The van der Waals surface area contributed by atoms with Gasteiger partial charge in [0.05, 0.1) is 6.42 Å². The zero-order valence-electron chi connectivity index (χ0n) is 8.22. The van der Waals surface area contributed by atoms with Crippen molar-refractivity contribution in [2.75, 3.05) is 11.8 Å². The lowest BCUT2D eigenvalue weighted by atomic mass is 9.91. The average molecular weight is 269 g/mol. The van der Waals surface area contributed by atoms with Crippen LogP contribution in [0.4, 0.5) is 17.6 Å². The van der Waals surface area contributed by atoms with Crippen LogP contribution in [-0.2, 0) is 0 Å². The van der Waals surface area contributed by atoms with E-state index < -0.39 is 18.3 Å². The van der Waals surface area contributed by atoms with Crippen molar-refractivity contribution in [2.24, 2.45) is 0 Å². The van der Waals surface area contributed by atoms with E-state index in [1.54, 1.807) is 0 Å². The first-order valence-electron chi connectivity index (χ1n) is 4.70. The molecule has 0 radical (unpaired) electrons. The maximum atomic E-state index is 13.8. The molecule has 0 aliphatic carbocycles. The Hall–Kier alpha value is 0.300. The van der Waals surface area contributed by atoms with Gasteiger partial charge in [0.15, 0.2) is 0 Å². The molecule has 0 aromatic rings. The first-order chi connectivity index (χ1) is 6.83. The Kier molecular flexibility index (Phi) is 6.93. The molecular weight excluding hydrogens is 255 g/mol. The second kappa shape index (κ2) is 6.79. The SMILES string of the molecule is FC(F)(F)CC(F)(CCCCl)CCCCl. The molecule has 15 heavy (non-hydrogen) atoms. The second-order valence-electron chi connectivity index (χ2n) is 3.53. The standard InChI is InChI=1S/C9H14Cl2F4/c10-5-1-3-8(12,4-2-6-11)7-9(13,14)15/h1-7H2. The van der Waals surface area contributed by atoms with Gasteiger partial charge in [-0.05, 0) is 25.7 Å². The van der Waals surface area contributed by atoms with Gasteiger partial charge in [-0.3, -0.25) is 0 Å². The molecule has 0 fully saturated rings. The number of alkyl halides is 6. The first-order valence-corrected chi connectivity index (χ1v) is 5.77. The lowest BCUT2D eigenvalue weighted by Crippen LogP contribution is -2.30. The monoisotopic (exact) mass is 268 g/mol. The van der Waals surface area contributed by atoms with Crippen LogP contribution >= 0.6 is 23.2 Å². The Morgan fingerprint density at radius 3 is 1.47 bits per heavy atom. The highest BCUT2D eigenvalue weighted by Gasteiger charge is 2.41. The minimum atomic E-state index is -4.48. The smallest absolute Gasteiger partial charge is 0.244 e. The largest absolute Gasteiger partial charge is 0.392 e. The summed E-state index contributed by atoms with van der Waals surface area (Å²) in [6.07, 6.45) is -5.71. The fourth-order valence-electron chi connectivity index (χ4n) is 1.43. The third-order valence-electron chi connectivity index (χ3n) is 2.03. The minimum absolute atomic E-state index is 0.160. The molecule has 0 aromatic heterocycles. The molecule has 92 valence electrons. The number of hydrogen-bond acceptors (Lipinski definition) is 0. The van der Waals surface area contributed by atoms with Crippen LogP contribution in [0.5, 0.6) is 0 Å². The summed E-state index contributed by atoms with van der Waals surface area (Å²) < 4.78 is 50.1. The molecular formula is C9H14Cl2F4. The Balaban J connectivity index is 4.26. The van der Waals surface area contributed by atoms with E-state index in [9.17, 15) is 17.6 Å². The van der Waals surface area contributed by atoms with E-state index in [-0.39, 0.29) is 37.4 Å². The Morgan fingerprint density at radius 1 is 0.800 bits per heavy atom. The third kappa shape index (κ3) is 8.14. The second-order valence-corrected chi connectivity index (χ2v) is 4.28. The Labute approximate surface area is 96.9 Å². The zero-order valence-corrected chi connectivity index (χ0v) is 9.73. The summed E-state index contributed by atoms with van der Waals surface area (Å²) in [6.45, 7) is 0. The quantitative estimate of drug-likeness (QED) is 0.464. The molecule has 0 aromatic carbocycles. The normalized spacial score (nSPS) is 13.2. The van der Waals surface area contributed by atoms with Gasteiger partial charge in [0.25, 0.3) is 0 Å². The molecule has 0 nitrogen and oxygen atoms in total. The van der Waals surface area contributed by atoms with Crippen molar-refractivity contribution in [3.63, 3.8) is 0 Å². The Bertz CT molecular complexity index is 162. The molecule has 0 rings (SSSR count). The Morgan fingerprint density at radius 2 is 1.20 bits per heavy atom. The van der Waals surface area contributed by atoms with E-state index in [2.05, 4.69) is 0 Å². The minimum Gasteiger partial charge on any atom is -0.244 e. The molecule has 6 heteroatoms. The van der Waals surface area contributed by atoms with E-state index in [4.69, 9.17) is 23.2 Å². The van der Waals surface area contributed by atoms with Crippen molar-refractivity contribution >= 4 is 23.2 Å². The lowest BCUT2D eigenvalue weighted by molar-refractivity contribution is -0.164. The van der Waals surface area contributed by atoms with Crippen LogP contribution in [-0.4, -0.2) is 23.6 Å². The van der Waals surface area contributed by atoms with Crippen LogP contribution < -0.4 is 0 Å². The summed E-state index contributed by atoms with van der Waals surface area (Å²) in [5, 5.41) is 0. The third-order valence-corrected chi connectivity index (χ3v) is 2.57. The first kappa shape index (κ1) is 15.3. The van der Waals surface area contributed by atoms with E-state index in [1.807, 2.05) is 0 Å². The molecule has 0 amide bonds. The van der Waals surface area contributed by atoms with Crippen LogP contribution in [0.2, 0.25) is 0 Å². The fourth-order valence-corrected chi connectivity index (χ4v) is 1.70. The number of rotatable bonds is 7. The van der Waals surface area contributed by atoms with Gasteiger partial charge in [-0.15, -0.1) is 23.2 Å². The highest BCUT2D eigenvalue weighted by atomic mass is 35.5. The summed E-state index contributed by atoms with van der Waals surface area (Å²) in [5.74, 6) is 0.342. The summed E-state index contributed by atoms with van der Waals surface area (Å²) in [4.78, 5) is 0. The van der Waals surface area contributed by atoms with Gasteiger partial charge in [-0.25, -0.2) is 4.39 Å². The predicted molar refractivity (Wildman–Crippen MR) is 54.4 cm³/mol. The van der Waals surface area contributed by atoms with Crippen molar-refractivity contribution in [3.8, 4) is 0 Å². The summed E-state index contributed by atoms with van der Waals surface area (Å²) in [6, 6.07) is 0. The summed E-state index contributed by atoms with van der Waals surface area (Å²) in [7, 11) is 0. The van der Waals surface area contributed by atoms with E-state index >= 15 is 0 Å². The lowest BCUT2D eigenvalue weighted by Gasteiger charge is -2.26. The van der Waals surface area contributed by atoms with Gasteiger partial charge in [-0.2, -0.15) is 13.2 Å². The molecule has 0 unspecified atom stereocenters. The van der Waals surface area contributed by atoms with E-state index in [0.717, 1.165) is 0 Å². The maximum Gasteiger partial charge on any atom is 0.392 e. The van der Waals surface area contributed by atoms with Crippen LogP contribution in [0, 0.1) is 0 Å². The van der Waals surface area contributed by atoms with Crippen LogP contribution in [0.3, 0.4) is 0 Å². The molecule has 0 heterocycles. The van der Waals surface area contributed by atoms with Crippen molar-refractivity contribution < 1.29 is 17.6 Å². The number of halogens is 6. The molecule has 0 bridgehead atoms. The highest BCUT2D eigenvalue weighted by Crippen LogP contribution is 2.37. The van der Waals surface area contributed by atoms with Crippen molar-refractivity contribution in [1.82, 2.24) is 0 Å². The van der Waals surface area contributed by atoms with Gasteiger partial charge in [0.2, 0.25) is 0 Å². The van der Waals surface area contributed by atoms with Crippen LogP contribution in [0.1, 0.15) is 32.1 Å². The van der Waals surface area contributed by atoms with Crippen LogP contribution in [0.15, 0.2) is 0 Å². The topological polar surface area (TPSA) is 0 Å². The van der Waals surface area contributed by atoms with E-state index in [1.165, 1.54) is 0 Å². The molecule has 0 saturated carbocycles. The summed E-state index contributed by atoms with van der Waals surface area (Å²) in [5.41, 5.74) is -2.21. The van der Waals surface area contributed by atoms with Crippen LogP contribution in [0.25, 0.3) is 0 Å². The van der Waals surface area contributed by atoms with Crippen molar-refractivity contribution in [1.29, 1.82) is 0 Å².